The fourth-order valence-corrected chi connectivity index (χ4v) is 6.61. The molecule has 1 N–H and O–H groups in total. The lowest BCUT2D eigenvalue weighted by Crippen LogP contribution is -2.48. The molecule has 28 heavy (non-hydrogen) atoms. The Morgan fingerprint density at radius 2 is 1.71 bits per heavy atom. The lowest BCUT2D eigenvalue weighted by molar-refractivity contribution is -0.115. The van der Waals surface area contributed by atoms with E-state index >= 15 is 0 Å². The van der Waals surface area contributed by atoms with Gasteiger partial charge in [0, 0.05) is 11.1 Å². The van der Waals surface area contributed by atoms with Crippen molar-refractivity contribution in [3.05, 3.63) is 35.7 Å². The van der Waals surface area contributed by atoms with Crippen LogP contribution < -0.4 is 5.32 Å². The molecule has 0 aliphatic heterocycles. The maximum Gasteiger partial charge on any atom is 0.277 e. The van der Waals surface area contributed by atoms with E-state index < -0.39 is 0 Å². The summed E-state index contributed by atoms with van der Waals surface area (Å²) in [4.78, 5) is 12.5. The molecule has 148 valence electrons. The van der Waals surface area contributed by atoms with E-state index in [0.29, 0.717) is 5.22 Å². The molecule has 4 bridgehead atoms. The van der Waals surface area contributed by atoms with Crippen LogP contribution in [0.4, 0.5) is 5.69 Å². The summed E-state index contributed by atoms with van der Waals surface area (Å²) in [7, 11) is 0. The van der Waals surface area contributed by atoms with E-state index in [1.54, 1.807) is 0 Å². The summed E-state index contributed by atoms with van der Waals surface area (Å²) in [5, 5.41) is 11.9. The van der Waals surface area contributed by atoms with Gasteiger partial charge in [-0.15, -0.1) is 10.2 Å². The van der Waals surface area contributed by atoms with Gasteiger partial charge in [0.2, 0.25) is 11.8 Å². The molecular weight excluding hydrogens is 370 g/mol. The second-order valence-corrected chi connectivity index (χ2v) is 10.5. The number of anilines is 1. The molecule has 4 aliphatic rings. The number of nitrogens with zero attached hydrogens (tertiary/aromatic N) is 2. The Bertz CT molecular complexity index is 841. The molecule has 5 nitrogen and oxygen atoms in total. The lowest BCUT2D eigenvalue weighted by Gasteiger charge is -2.55. The number of hydrogen-bond acceptors (Lipinski definition) is 5. The molecule has 0 radical (unpaired) electrons. The highest BCUT2D eigenvalue weighted by molar-refractivity contribution is 8.00. The Hall–Kier alpha value is -1.82. The Kier molecular flexibility index (Phi) is 4.49. The summed E-state index contributed by atoms with van der Waals surface area (Å²) in [6.07, 6.45) is 7.79. The van der Waals surface area contributed by atoms with Gasteiger partial charge in [-0.25, -0.2) is 0 Å². The molecule has 4 saturated carbocycles. The zero-order chi connectivity index (χ0) is 19.3. The Morgan fingerprint density at radius 1 is 1.11 bits per heavy atom. The summed E-state index contributed by atoms with van der Waals surface area (Å²) in [6.45, 7) is 3.91. The predicted octanol–water partition coefficient (Wildman–Crippen LogP) is 4.97. The predicted molar refractivity (Wildman–Crippen MR) is 109 cm³/mol. The van der Waals surface area contributed by atoms with E-state index in [4.69, 9.17) is 4.42 Å². The van der Waals surface area contributed by atoms with Crippen LogP contribution in [0, 0.1) is 24.7 Å². The van der Waals surface area contributed by atoms with Gasteiger partial charge in [0.15, 0.2) is 0 Å². The van der Waals surface area contributed by atoms with Crippen LogP contribution in [0.5, 0.6) is 0 Å². The number of rotatable bonds is 5. The monoisotopic (exact) mass is 397 g/mol. The summed E-state index contributed by atoms with van der Waals surface area (Å²) < 4.78 is 6.12. The van der Waals surface area contributed by atoms with Crippen molar-refractivity contribution >= 4 is 23.4 Å². The minimum Gasteiger partial charge on any atom is -0.415 e. The van der Waals surface area contributed by atoms with E-state index in [1.165, 1.54) is 55.9 Å². The molecule has 0 spiro atoms. The second-order valence-electron chi connectivity index (χ2n) is 9.19. The van der Waals surface area contributed by atoms with Crippen molar-refractivity contribution in [2.24, 2.45) is 17.8 Å². The number of aromatic nitrogens is 2. The molecule has 1 atom stereocenters. The minimum atomic E-state index is -0.300. The topological polar surface area (TPSA) is 68.0 Å². The van der Waals surface area contributed by atoms with E-state index in [2.05, 4.69) is 15.5 Å². The standard InChI is InChI=1S/C22H27N3O2S/c1-13-3-5-18(6-4-13)23-19(26)14(2)28-21-25-24-20(27-21)22-10-15-7-16(11-22)9-17(8-15)12-22/h3-6,14-17H,7-12H2,1-2H3,(H,23,26)/t14-,15?,16?,17?,22?/m0/s1. The molecule has 2 aromatic rings. The summed E-state index contributed by atoms with van der Waals surface area (Å²) in [6, 6.07) is 7.82. The molecular formula is C22H27N3O2S. The van der Waals surface area contributed by atoms with Crippen LogP contribution in [-0.4, -0.2) is 21.4 Å². The highest BCUT2D eigenvalue weighted by Crippen LogP contribution is 2.60. The lowest BCUT2D eigenvalue weighted by atomic mass is 9.49. The molecule has 0 unspecified atom stereocenters. The highest BCUT2D eigenvalue weighted by Gasteiger charge is 2.54. The first-order valence-electron chi connectivity index (χ1n) is 10.4. The number of benzene rings is 1. The summed E-state index contributed by atoms with van der Waals surface area (Å²) in [5.41, 5.74) is 2.08. The van der Waals surface area contributed by atoms with Crippen LogP contribution in [0.1, 0.15) is 56.9 Å². The van der Waals surface area contributed by atoms with Gasteiger partial charge in [0.25, 0.3) is 5.22 Å². The molecule has 1 aromatic heterocycles. The quantitative estimate of drug-likeness (QED) is 0.722. The number of nitrogens with one attached hydrogen (secondary N) is 1. The van der Waals surface area contributed by atoms with Gasteiger partial charge in [-0.05, 0) is 82.3 Å². The number of aryl methyl sites for hydroxylation is 1. The maximum absolute atomic E-state index is 12.5. The second kappa shape index (κ2) is 6.90. The molecule has 6 heteroatoms. The van der Waals surface area contributed by atoms with Gasteiger partial charge in [-0.2, -0.15) is 0 Å². The first kappa shape index (κ1) is 18.2. The number of thioether (sulfide) groups is 1. The molecule has 1 heterocycles. The van der Waals surface area contributed by atoms with E-state index in [9.17, 15) is 4.79 Å². The molecule has 1 amide bonds. The molecule has 6 rings (SSSR count). The van der Waals surface area contributed by atoms with Crippen molar-refractivity contribution in [3.8, 4) is 0 Å². The highest BCUT2D eigenvalue weighted by atomic mass is 32.2. The number of carbonyl (C=O) groups is 1. The fourth-order valence-electron chi connectivity index (χ4n) is 5.93. The summed E-state index contributed by atoms with van der Waals surface area (Å²) in [5.74, 6) is 3.29. The van der Waals surface area contributed by atoms with Gasteiger partial charge >= 0.3 is 0 Å². The van der Waals surface area contributed by atoms with Gasteiger partial charge in [-0.3, -0.25) is 4.79 Å². The first-order chi connectivity index (χ1) is 13.5. The van der Waals surface area contributed by atoms with E-state index in [1.807, 2.05) is 38.1 Å². The number of carbonyl (C=O) groups excluding carboxylic acids is 1. The van der Waals surface area contributed by atoms with Crippen LogP contribution in [0.3, 0.4) is 0 Å². The molecule has 0 saturated heterocycles. The van der Waals surface area contributed by atoms with Gasteiger partial charge in [0.1, 0.15) is 0 Å². The third-order valence-corrected chi connectivity index (χ3v) is 7.80. The van der Waals surface area contributed by atoms with Crippen molar-refractivity contribution in [1.82, 2.24) is 10.2 Å². The number of amides is 1. The third kappa shape index (κ3) is 3.36. The first-order valence-corrected chi connectivity index (χ1v) is 11.3. The average molecular weight is 398 g/mol. The van der Waals surface area contributed by atoms with Gasteiger partial charge in [0.05, 0.1) is 5.25 Å². The number of hydrogen-bond donors (Lipinski definition) is 1. The van der Waals surface area contributed by atoms with Gasteiger partial charge < -0.3 is 9.73 Å². The van der Waals surface area contributed by atoms with E-state index in [0.717, 1.165) is 29.3 Å². The zero-order valence-corrected chi connectivity index (χ0v) is 17.3. The smallest absolute Gasteiger partial charge is 0.277 e. The fraction of sp³-hybridized carbons (Fsp3) is 0.591. The van der Waals surface area contributed by atoms with Crippen LogP contribution in [0.25, 0.3) is 0 Å². The van der Waals surface area contributed by atoms with E-state index in [-0.39, 0.29) is 16.6 Å². The van der Waals surface area contributed by atoms with Crippen molar-refractivity contribution < 1.29 is 9.21 Å². The normalized spacial score (nSPS) is 31.7. The van der Waals surface area contributed by atoms with Crippen molar-refractivity contribution in [3.63, 3.8) is 0 Å². The SMILES string of the molecule is Cc1ccc(NC(=O)[C@H](C)Sc2nnc(C34CC5CC(CC(C5)C3)C4)o2)cc1. The van der Waals surface area contributed by atoms with Crippen molar-refractivity contribution in [1.29, 1.82) is 0 Å². The minimum absolute atomic E-state index is 0.0524. The maximum atomic E-state index is 12.5. The Morgan fingerprint density at radius 3 is 2.32 bits per heavy atom. The van der Waals surface area contributed by atoms with Crippen molar-refractivity contribution in [2.45, 2.75) is 68.3 Å². The van der Waals surface area contributed by atoms with Crippen LogP contribution >= 0.6 is 11.8 Å². The van der Waals surface area contributed by atoms with Crippen LogP contribution in [-0.2, 0) is 10.2 Å². The Labute approximate surface area is 170 Å². The molecule has 1 aromatic carbocycles. The van der Waals surface area contributed by atoms with Crippen LogP contribution in [0.15, 0.2) is 33.9 Å². The zero-order valence-electron chi connectivity index (χ0n) is 16.5. The summed E-state index contributed by atoms with van der Waals surface area (Å²) >= 11 is 1.35. The molecule has 4 fully saturated rings. The molecule has 4 aliphatic carbocycles. The van der Waals surface area contributed by atoms with Crippen LogP contribution in [0.2, 0.25) is 0 Å². The largest absolute Gasteiger partial charge is 0.415 e. The third-order valence-electron chi connectivity index (χ3n) is 6.86. The van der Waals surface area contributed by atoms with Crippen molar-refractivity contribution in [2.75, 3.05) is 5.32 Å². The average Bonchev–Trinajstić information content (AvgIpc) is 3.12. The Balaban J connectivity index is 1.25. The van der Waals surface area contributed by atoms with Gasteiger partial charge in [-0.1, -0.05) is 29.5 Å².